The van der Waals surface area contributed by atoms with Crippen LogP contribution in [-0.4, -0.2) is 21.6 Å². The number of hydrogen-bond donors (Lipinski definition) is 0. The Labute approximate surface area is 92.1 Å². The molecule has 0 aliphatic carbocycles. The van der Waals surface area contributed by atoms with Gasteiger partial charge >= 0.3 is 0 Å². The van der Waals surface area contributed by atoms with E-state index in [1.54, 1.807) is 14.0 Å². The number of nitrogens with zero attached hydrogens (tertiary/aromatic N) is 4. The molecule has 2 amide bonds. The fourth-order valence-electron chi connectivity index (χ4n) is 1.73. The Balaban J connectivity index is 2.49. The first kappa shape index (κ1) is 10.4. The molecule has 1 aromatic heterocycles. The predicted molar refractivity (Wildman–Crippen MR) is 54.2 cm³/mol. The maximum atomic E-state index is 11.7. The molecule has 6 heteroatoms. The topological polar surface area (TPSA) is 79.0 Å². The Morgan fingerprint density at radius 1 is 1.56 bits per heavy atom. The number of amides is 2. The molecule has 0 aromatic carbocycles. The third kappa shape index (κ3) is 1.37. The predicted octanol–water partition coefficient (Wildman–Crippen LogP) is 0.191. The summed E-state index contributed by atoms with van der Waals surface area (Å²) in [6, 6.07) is 1.92. The summed E-state index contributed by atoms with van der Waals surface area (Å²) >= 11 is 0. The smallest absolute Gasteiger partial charge is 0.238 e. The lowest BCUT2D eigenvalue weighted by atomic mass is 10.1. The number of hydrogen-bond acceptors (Lipinski definition) is 4. The van der Waals surface area contributed by atoms with Gasteiger partial charge in [0.25, 0.3) is 0 Å². The number of nitriles is 1. The molecule has 16 heavy (non-hydrogen) atoms. The van der Waals surface area contributed by atoms with Crippen LogP contribution in [0.2, 0.25) is 0 Å². The Morgan fingerprint density at radius 3 is 2.75 bits per heavy atom. The van der Waals surface area contributed by atoms with Crippen LogP contribution in [0.4, 0.5) is 5.82 Å². The van der Waals surface area contributed by atoms with Crippen molar-refractivity contribution in [2.45, 2.75) is 13.3 Å². The van der Waals surface area contributed by atoms with E-state index >= 15 is 0 Å². The number of aryl methyl sites for hydroxylation is 1. The van der Waals surface area contributed by atoms with Crippen LogP contribution in [0.25, 0.3) is 0 Å². The molecule has 1 aromatic rings. The number of anilines is 1. The summed E-state index contributed by atoms with van der Waals surface area (Å²) in [5, 5.41) is 12.9. The van der Waals surface area contributed by atoms with Crippen molar-refractivity contribution in [3.8, 4) is 6.07 Å². The van der Waals surface area contributed by atoms with Crippen molar-refractivity contribution < 1.29 is 9.59 Å². The molecule has 0 N–H and O–H groups in total. The van der Waals surface area contributed by atoms with Crippen LogP contribution in [-0.2, 0) is 16.6 Å². The third-order valence-corrected chi connectivity index (χ3v) is 2.51. The minimum Gasteiger partial charge on any atom is -0.274 e. The third-order valence-electron chi connectivity index (χ3n) is 2.51. The lowest BCUT2D eigenvalue weighted by Crippen LogP contribution is -2.31. The lowest BCUT2D eigenvalue weighted by molar-refractivity contribution is -0.122. The zero-order chi connectivity index (χ0) is 11.9. The number of rotatable bonds is 1. The first-order valence-corrected chi connectivity index (χ1v) is 4.85. The lowest BCUT2D eigenvalue weighted by Gasteiger charge is -2.10. The molecule has 2 rings (SSSR count). The first-order chi connectivity index (χ1) is 7.54. The zero-order valence-electron chi connectivity index (χ0n) is 8.97. The molecule has 0 bridgehead atoms. The van der Waals surface area contributed by atoms with Gasteiger partial charge in [0.2, 0.25) is 11.8 Å². The number of aromatic nitrogens is 2. The van der Waals surface area contributed by atoms with Gasteiger partial charge < -0.3 is 0 Å². The monoisotopic (exact) mass is 218 g/mol. The Bertz CT molecular complexity index is 511. The van der Waals surface area contributed by atoms with Gasteiger partial charge in [0.15, 0.2) is 5.82 Å². The van der Waals surface area contributed by atoms with Crippen LogP contribution < -0.4 is 4.90 Å². The molecule has 6 nitrogen and oxygen atoms in total. The standard InChI is InChI=1S/C10H10N4O2/c1-6-3-8(15)14(10(6)16)9-7(4-11)5-13(2)12-9/h5-6H,3H2,1-2H3. The molecule has 1 atom stereocenters. The molecule has 1 saturated heterocycles. The molecule has 0 radical (unpaired) electrons. The Kier molecular flexibility index (Phi) is 2.23. The quantitative estimate of drug-likeness (QED) is 0.630. The van der Waals surface area contributed by atoms with E-state index in [0.717, 1.165) is 4.90 Å². The van der Waals surface area contributed by atoms with Crippen molar-refractivity contribution in [3.05, 3.63) is 11.8 Å². The number of imide groups is 1. The molecule has 82 valence electrons. The summed E-state index contributed by atoms with van der Waals surface area (Å²) in [5.74, 6) is -0.779. The average Bonchev–Trinajstić information content (AvgIpc) is 2.69. The largest absolute Gasteiger partial charge is 0.274 e. The zero-order valence-corrected chi connectivity index (χ0v) is 8.97. The summed E-state index contributed by atoms with van der Waals surface area (Å²) in [6.45, 7) is 1.69. The summed E-state index contributed by atoms with van der Waals surface area (Å²) in [7, 11) is 1.64. The van der Waals surface area contributed by atoms with Crippen LogP contribution >= 0.6 is 0 Å². The van der Waals surface area contributed by atoms with E-state index in [-0.39, 0.29) is 35.5 Å². The van der Waals surface area contributed by atoms with Gasteiger partial charge in [-0.25, -0.2) is 4.90 Å². The molecular formula is C10H10N4O2. The second-order valence-corrected chi connectivity index (χ2v) is 3.82. The Hall–Kier alpha value is -2.16. The average molecular weight is 218 g/mol. The van der Waals surface area contributed by atoms with Gasteiger partial charge in [-0.2, -0.15) is 10.4 Å². The van der Waals surface area contributed by atoms with Crippen molar-refractivity contribution in [1.82, 2.24) is 9.78 Å². The van der Waals surface area contributed by atoms with Gasteiger partial charge in [0, 0.05) is 25.6 Å². The van der Waals surface area contributed by atoms with Gasteiger partial charge in [-0.15, -0.1) is 0 Å². The van der Waals surface area contributed by atoms with Crippen LogP contribution in [0.3, 0.4) is 0 Å². The van der Waals surface area contributed by atoms with Crippen molar-refractivity contribution in [2.24, 2.45) is 13.0 Å². The van der Waals surface area contributed by atoms with E-state index in [9.17, 15) is 9.59 Å². The highest BCUT2D eigenvalue weighted by atomic mass is 16.2. The SMILES string of the molecule is CC1CC(=O)N(c2nn(C)cc2C#N)C1=O. The maximum absolute atomic E-state index is 11.7. The normalized spacial score (nSPS) is 20.3. The van der Waals surface area contributed by atoms with E-state index in [4.69, 9.17) is 5.26 Å². The van der Waals surface area contributed by atoms with E-state index in [1.807, 2.05) is 6.07 Å². The minimum absolute atomic E-state index is 0.143. The van der Waals surface area contributed by atoms with Gasteiger partial charge in [0.05, 0.1) is 0 Å². The molecule has 0 spiro atoms. The van der Waals surface area contributed by atoms with Crippen molar-refractivity contribution >= 4 is 17.6 Å². The molecule has 2 heterocycles. The fourth-order valence-corrected chi connectivity index (χ4v) is 1.73. The second kappa shape index (κ2) is 3.45. The van der Waals surface area contributed by atoms with Crippen LogP contribution in [0.1, 0.15) is 18.9 Å². The van der Waals surface area contributed by atoms with E-state index in [1.165, 1.54) is 10.9 Å². The number of carbonyl (C=O) groups excluding carboxylic acids is 2. The first-order valence-electron chi connectivity index (χ1n) is 4.85. The highest BCUT2D eigenvalue weighted by Gasteiger charge is 2.39. The van der Waals surface area contributed by atoms with Gasteiger partial charge in [-0.05, 0) is 0 Å². The number of carbonyl (C=O) groups is 2. The summed E-state index contributed by atoms with van der Waals surface area (Å²) < 4.78 is 1.41. The van der Waals surface area contributed by atoms with E-state index in [0.29, 0.717) is 0 Å². The molecule has 1 aliphatic heterocycles. The van der Waals surface area contributed by atoms with E-state index in [2.05, 4.69) is 5.10 Å². The Morgan fingerprint density at radius 2 is 2.25 bits per heavy atom. The molecule has 0 saturated carbocycles. The summed E-state index contributed by atoms with van der Waals surface area (Å²) in [5.41, 5.74) is 0.235. The van der Waals surface area contributed by atoms with Gasteiger partial charge in [-0.1, -0.05) is 6.92 Å². The maximum Gasteiger partial charge on any atom is 0.238 e. The molecular weight excluding hydrogens is 208 g/mol. The molecule has 1 aliphatic rings. The fraction of sp³-hybridized carbons (Fsp3) is 0.400. The molecule has 1 unspecified atom stereocenters. The van der Waals surface area contributed by atoms with Crippen LogP contribution in [0.15, 0.2) is 6.20 Å². The minimum atomic E-state index is -0.332. The van der Waals surface area contributed by atoms with Crippen LogP contribution in [0.5, 0.6) is 0 Å². The van der Waals surface area contributed by atoms with Gasteiger partial charge in [-0.3, -0.25) is 14.3 Å². The summed E-state index contributed by atoms with van der Waals surface area (Å²) in [4.78, 5) is 24.4. The highest BCUT2D eigenvalue weighted by molar-refractivity contribution is 6.20. The highest BCUT2D eigenvalue weighted by Crippen LogP contribution is 2.27. The second-order valence-electron chi connectivity index (χ2n) is 3.82. The van der Waals surface area contributed by atoms with Crippen LogP contribution in [0, 0.1) is 17.2 Å². The van der Waals surface area contributed by atoms with Gasteiger partial charge in [0.1, 0.15) is 11.6 Å². The summed E-state index contributed by atoms with van der Waals surface area (Å²) in [6.07, 6.45) is 1.67. The molecule has 1 fully saturated rings. The van der Waals surface area contributed by atoms with E-state index < -0.39 is 0 Å². The van der Waals surface area contributed by atoms with Crippen molar-refractivity contribution in [1.29, 1.82) is 5.26 Å². The van der Waals surface area contributed by atoms with Crippen molar-refractivity contribution in [3.63, 3.8) is 0 Å². The van der Waals surface area contributed by atoms with Crippen molar-refractivity contribution in [2.75, 3.05) is 4.90 Å².